The first-order valence-electron chi connectivity index (χ1n) is 17.2. The van der Waals surface area contributed by atoms with Gasteiger partial charge in [-0.05, 0) is 119 Å². The summed E-state index contributed by atoms with van der Waals surface area (Å²) in [5, 5.41) is 11.3. The molecule has 4 saturated carbocycles. The van der Waals surface area contributed by atoms with Crippen LogP contribution in [-0.4, -0.2) is 78.0 Å². The monoisotopic (exact) mass is 623 g/mol. The Labute approximate surface area is 255 Å². The molecule has 2 heterocycles. The number of carbonyl (C=O) groups is 1. The van der Waals surface area contributed by atoms with Gasteiger partial charge in [-0.1, -0.05) is 27.2 Å². The number of halogens is 1. The second kappa shape index (κ2) is 12.1. The van der Waals surface area contributed by atoms with E-state index in [0.717, 1.165) is 22.7 Å². The molecule has 6 heteroatoms. The zero-order valence-corrected chi connectivity index (χ0v) is 27.8. The van der Waals surface area contributed by atoms with Crippen LogP contribution in [0.5, 0.6) is 0 Å². The van der Waals surface area contributed by atoms with Gasteiger partial charge >= 0.3 is 5.97 Å². The van der Waals surface area contributed by atoms with E-state index in [1.54, 1.807) is 0 Å². The van der Waals surface area contributed by atoms with Crippen molar-refractivity contribution in [3.8, 4) is 0 Å². The van der Waals surface area contributed by atoms with E-state index in [1.165, 1.54) is 110 Å². The standard InChI is InChI=1S/C34H59N2O3.BrH/c1-5-31(38)39-32-29(36(4)19-11-6-7-12-20-36)22-27-25-14-13-24-21-30(37)28(35-17-9-8-10-18-35)23-34(24,3)26(25)15-16-33(27,32)2;/h24-30,32,37H,5-23H2,1-4H3;1H/q+1;/t24?,25-,26-,27+,28?,29?,30?,32?,33+,34+;/m1./s1. The number of piperidine rings is 1. The molecule has 5 unspecified atom stereocenters. The third-order valence-electron chi connectivity index (χ3n) is 13.9. The quantitative estimate of drug-likeness (QED) is 0.278. The predicted octanol–water partition coefficient (Wildman–Crippen LogP) is 6.75. The lowest BCUT2D eigenvalue weighted by atomic mass is 9.44. The second-order valence-corrected chi connectivity index (χ2v) is 15.8. The molecular formula is C34H60BrN2O3+. The first kappa shape index (κ1) is 31.3. The molecule has 6 aliphatic rings. The number of carbonyl (C=O) groups excluding carboxylic acids is 1. The van der Waals surface area contributed by atoms with Gasteiger partial charge in [-0.25, -0.2) is 0 Å². The fraction of sp³-hybridized carbons (Fsp3) is 0.971. The van der Waals surface area contributed by atoms with Gasteiger partial charge in [0.2, 0.25) is 0 Å². The molecule has 10 atom stereocenters. The Bertz CT molecular complexity index is 886. The largest absolute Gasteiger partial charge is 0.455 e. The Morgan fingerprint density at radius 3 is 2.27 bits per heavy atom. The number of likely N-dealkylation sites (tertiary alicyclic amines) is 2. The Balaban J connectivity index is 0.00000323. The van der Waals surface area contributed by atoms with Crippen molar-refractivity contribution in [1.29, 1.82) is 0 Å². The molecule has 0 bridgehead atoms. The maximum Gasteiger partial charge on any atom is 0.306 e. The minimum Gasteiger partial charge on any atom is -0.455 e. The molecule has 40 heavy (non-hydrogen) atoms. The number of likely N-dealkylation sites (N-methyl/N-ethyl adjacent to an activating group) is 1. The van der Waals surface area contributed by atoms with E-state index in [1.807, 2.05) is 6.92 Å². The van der Waals surface area contributed by atoms with Gasteiger partial charge in [0, 0.05) is 24.3 Å². The van der Waals surface area contributed by atoms with E-state index in [4.69, 9.17) is 4.74 Å². The van der Waals surface area contributed by atoms with Crippen LogP contribution >= 0.6 is 17.0 Å². The van der Waals surface area contributed by atoms with E-state index in [9.17, 15) is 9.90 Å². The van der Waals surface area contributed by atoms with Crippen molar-refractivity contribution in [3.63, 3.8) is 0 Å². The number of hydrogen-bond donors (Lipinski definition) is 1. The van der Waals surface area contributed by atoms with Gasteiger partial charge in [0.1, 0.15) is 6.04 Å². The summed E-state index contributed by atoms with van der Waals surface area (Å²) in [7, 11) is 2.50. The van der Waals surface area contributed by atoms with Crippen molar-refractivity contribution in [3.05, 3.63) is 0 Å². The lowest BCUT2D eigenvalue weighted by Crippen LogP contribution is -2.61. The Kier molecular flexibility index (Phi) is 9.44. The van der Waals surface area contributed by atoms with E-state index in [-0.39, 0.29) is 40.6 Å². The Hall–Kier alpha value is -0.170. The molecule has 2 saturated heterocycles. The summed E-state index contributed by atoms with van der Waals surface area (Å²) in [4.78, 5) is 15.5. The number of quaternary nitrogens is 1. The normalized spacial score (nSPS) is 47.1. The number of ether oxygens (including phenoxy) is 1. The zero-order chi connectivity index (χ0) is 27.4. The summed E-state index contributed by atoms with van der Waals surface area (Å²) >= 11 is 0. The molecule has 230 valence electrons. The number of rotatable bonds is 4. The number of aliphatic hydroxyl groups excluding tert-OH is 1. The third kappa shape index (κ3) is 5.25. The summed E-state index contributed by atoms with van der Waals surface area (Å²) in [6, 6.07) is 0.807. The summed E-state index contributed by atoms with van der Waals surface area (Å²) in [6.45, 7) is 12.0. The van der Waals surface area contributed by atoms with Crippen LogP contribution in [-0.2, 0) is 9.53 Å². The third-order valence-corrected chi connectivity index (χ3v) is 13.9. The van der Waals surface area contributed by atoms with E-state index < -0.39 is 0 Å². The second-order valence-electron chi connectivity index (χ2n) is 15.8. The average molecular weight is 625 g/mol. The van der Waals surface area contributed by atoms with E-state index in [2.05, 4.69) is 25.8 Å². The lowest BCUT2D eigenvalue weighted by Gasteiger charge is -2.62. The molecular weight excluding hydrogens is 564 g/mol. The highest BCUT2D eigenvalue weighted by Gasteiger charge is 2.67. The molecule has 1 N–H and O–H groups in total. The van der Waals surface area contributed by atoms with Crippen molar-refractivity contribution in [2.75, 3.05) is 33.2 Å². The van der Waals surface area contributed by atoms with Crippen LogP contribution in [0.3, 0.4) is 0 Å². The van der Waals surface area contributed by atoms with Crippen LogP contribution in [0.4, 0.5) is 0 Å². The highest BCUT2D eigenvalue weighted by Crippen LogP contribution is 2.67. The van der Waals surface area contributed by atoms with Gasteiger partial charge in [0.25, 0.3) is 0 Å². The highest BCUT2D eigenvalue weighted by atomic mass is 79.9. The summed E-state index contributed by atoms with van der Waals surface area (Å²) < 4.78 is 7.65. The molecule has 6 fully saturated rings. The van der Waals surface area contributed by atoms with Crippen LogP contribution in [0.1, 0.15) is 117 Å². The van der Waals surface area contributed by atoms with Crippen molar-refractivity contribution in [1.82, 2.24) is 4.90 Å². The molecule has 0 radical (unpaired) electrons. The van der Waals surface area contributed by atoms with Crippen LogP contribution in [0.2, 0.25) is 0 Å². The molecule has 0 spiro atoms. The first-order valence-corrected chi connectivity index (χ1v) is 17.2. The SMILES string of the molecule is Br.CCC(=O)OC1C([N+]2(C)CCCCCC2)C[C@H]2[C@@H]3CCC4CC(O)C(N5CCCCC5)C[C@]4(C)[C@@H]3CC[C@]12C. The molecule has 2 aliphatic heterocycles. The van der Waals surface area contributed by atoms with Gasteiger partial charge in [-0.3, -0.25) is 9.69 Å². The van der Waals surface area contributed by atoms with Gasteiger partial charge in [-0.15, -0.1) is 17.0 Å². The Morgan fingerprint density at radius 1 is 0.925 bits per heavy atom. The van der Waals surface area contributed by atoms with Crippen LogP contribution in [0.15, 0.2) is 0 Å². The smallest absolute Gasteiger partial charge is 0.306 e. The fourth-order valence-corrected chi connectivity index (χ4v) is 11.6. The van der Waals surface area contributed by atoms with Crippen molar-refractivity contribution in [2.24, 2.45) is 34.5 Å². The van der Waals surface area contributed by atoms with Crippen LogP contribution in [0, 0.1) is 34.5 Å². The summed E-state index contributed by atoms with van der Waals surface area (Å²) in [5.74, 6) is 2.84. The zero-order valence-electron chi connectivity index (χ0n) is 26.1. The van der Waals surface area contributed by atoms with Crippen LogP contribution < -0.4 is 0 Å². The molecule has 0 amide bonds. The Morgan fingerprint density at radius 2 is 1.60 bits per heavy atom. The topological polar surface area (TPSA) is 49.8 Å². The molecule has 0 aromatic carbocycles. The number of fused-ring (bicyclic) bond motifs is 5. The number of nitrogens with zero attached hydrogens (tertiary/aromatic N) is 2. The minimum absolute atomic E-state index is 0. The minimum atomic E-state index is -0.146. The number of aliphatic hydroxyl groups is 1. The molecule has 0 aromatic rings. The predicted molar refractivity (Wildman–Crippen MR) is 166 cm³/mol. The molecule has 4 aliphatic carbocycles. The summed E-state index contributed by atoms with van der Waals surface area (Å²) in [5.41, 5.74) is 0.439. The van der Waals surface area contributed by atoms with E-state index in [0.29, 0.717) is 35.8 Å². The van der Waals surface area contributed by atoms with Gasteiger partial charge in [-0.2, -0.15) is 0 Å². The van der Waals surface area contributed by atoms with Crippen molar-refractivity contribution < 1.29 is 19.1 Å². The van der Waals surface area contributed by atoms with Crippen LogP contribution in [0.25, 0.3) is 0 Å². The molecule has 6 rings (SSSR count). The average Bonchev–Trinajstić information content (AvgIpc) is 3.06. The van der Waals surface area contributed by atoms with Crippen molar-refractivity contribution in [2.45, 2.75) is 141 Å². The van der Waals surface area contributed by atoms with Crippen molar-refractivity contribution >= 4 is 23.0 Å². The number of hydrogen-bond acceptors (Lipinski definition) is 4. The van der Waals surface area contributed by atoms with Gasteiger partial charge in [0.05, 0.1) is 26.2 Å². The van der Waals surface area contributed by atoms with E-state index >= 15 is 0 Å². The maximum atomic E-state index is 12.9. The van der Waals surface area contributed by atoms with Gasteiger partial charge in [0.15, 0.2) is 6.10 Å². The molecule has 0 aromatic heterocycles. The van der Waals surface area contributed by atoms with Gasteiger partial charge < -0.3 is 14.3 Å². The number of esters is 1. The lowest BCUT2D eigenvalue weighted by molar-refractivity contribution is -0.935. The molecule has 5 nitrogen and oxygen atoms in total. The summed E-state index contributed by atoms with van der Waals surface area (Å²) in [6.07, 6.45) is 18.2. The highest BCUT2D eigenvalue weighted by molar-refractivity contribution is 8.93. The maximum absolute atomic E-state index is 12.9. The fourth-order valence-electron chi connectivity index (χ4n) is 11.6. The first-order chi connectivity index (χ1) is 18.7.